The second-order valence-corrected chi connectivity index (χ2v) is 6.99. The molecule has 0 atom stereocenters. The molecule has 1 aliphatic carbocycles. The van der Waals surface area contributed by atoms with E-state index in [4.69, 9.17) is 9.47 Å². The molecule has 0 unspecified atom stereocenters. The van der Waals surface area contributed by atoms with Crippen LogP contribution in [0.2, 0.25) is 0 Å². The average molecular weight is 380 g/mol. The lowest BCUT2D eigenvalue weighted by atomic mass is 10.0. The van der Waals surface area contributed by atoms with Gasteiger partial charge in [0.2, 0.25) is 0 Å². The highest BCUT2D eigenvalue weighted by Crippen LogP contribution is 2.37. The van der Waals surface area contributed by atoms with Crippen molar-refractivity contribution in [2.75, 3.05) is 13.7 Å². The van der Waals surface area contributed by atoms with Gasteiger partial charge in [0.25, 0.3) is 0 Å². The van der Waals surface area contributed by atoms with E-state index >= 15 is 0 Å². The Bertz CT molecular complexity index is 931. The highest BCUT2D eigenvalue weighted by Gasteiger charge is 2.22. The fraction of sp³-hybridized carbons (Fsp3) is 0.375. The molecule has 1 aromatic carbocycles. The minimum Gasteiger partial charge on any atom is -0.497 e. The van der Waals surface area contributed by atoms with Crippen molar-refractivity contribution in [3.8, 4) is 34.0 Å². The van der Waals surface area contributed by atoms with E-state index in [0.29, 0.717) is 23.7 Å². The zero-order chi connectivity index (χ0) is 19.9. The van der Waals surface area contributed by atoms with Gasteiger partial charge in [0.05, 0.1) is 30.7 Å². The van der Waals surface area contributed by atoms with Gasteiger partial charge in [-0.1, -0.05) is 57.0 Å². The van der Waals surface area contributed by atoms with Crippen LogP contribution in [-0.4, -0.2) is 18.3 Å². The lowest BCUT2D eigenvalue weighted by Gasteiger charge is -2.24. The van der Waals surface area contributed by atoms with Crippen LogP contribution in [0, 0.1) is 0 Å². The molecule has 0 N–H and O–H groups in total. The molecule has 148 valence electrons. The molecule has 1 heterocycles. The molecule has 0 aromatic heterocycles. The number of methoxy groups -OCH3 is 1. The van der Waals surface area contributed by atoms with E-state index in [0.717, 1.165) is 49.2 Å². The number of aromatic nitrogens is 1. The van der Waals surface area contributed by atoms with Crippen LogP contribution < -0.4 is 14.9 Å². The summed E-state index contributed by atoms with van der Waals surface area (Å²) in [6, 6.07) is 15.8. The third-order valence-electron chi connectivity index (χ3n) is 4.95. The van der Waals surface area contributed by atoms with E-state index in [1.807, 2.05) is 30.3 Å². The lowest BCUT2D eigenvalue weighted by Crippen LogP contribution is -2.17. The highest BCUT2D eigenvalue weighted by atomic mass is 16.5. The van der Waals surface area contributed by atoms with Crippen molar-refractivity contribution in [3.63, 3.8) is 0 Å². The molecule has 0 fully saturated rings. The lowest BCUT2D eigenvalue weighted by molar-refractivity contribution is 0.309. The van der Waals surface area contributed by atoms with Crippen molar-refractivity contribution in [2.45, 2.75) is 46.1 Å². The van der Waals surface area contributed by atoms with Crippen LogP contribution in [0.25, 0.3) is 22.5 Å². The van der Waals surface area contributed by atoms with E-state index in [1.54, 1.807) is 13.2 Å². The molecule has 0 saturated heterocycles. The zero-order valence-electron chi connectivity index (χ0n) is 17.0. The normalized spacial score (nSPS) is 11.0. The Morgan fingerprint density at radius 1 is 0.929 bits per heavy atom. The molecular formula is C24H29NO3. The van der Waals surface area contributed by atoms with Crippen molar-refractivity contribution in [1.82, 2.24) is 4.57 Å². The first-order chi connectivity index (χ1) is 13.7. The van der Waals surface area contributed by atoms with Crippen LogP contribution >= 0.6 is 0 Å². The Balaban J connectivity index is 2.28. The molecule has 0 spiro atoms. The molecule has 3 rings (SSSR count). The summed E-state index contributed by atoms with van der Waals surface area (Å²) in [5.41, 5.74) is 3.60. The molecule has 4 heteroatoms. The van der Waals surface area contributed by atoms with Gasteiger partial charge in [-0.3, -0.25) is 4.79 Å². The minimum absolute atomic E-state index is 0.0642. The summed E-state index contributed by atoms with van der Waals surface area (Å²) < 4.78 is 13.7. The van der Waals surface area contributed by atoms with E-state index in [1.165, 1.54) is 0 Å². The number of hydrogen-bond donors (Lipinski definition) is 0. The smallest absolute Gasteiger partial charge is 0.195 e. The largest absolute Gasteiger partial charge is 0.497 e. The zero-order valence-corrected chi connectivity index (χ0v) is 17.0. The van der Waals surface area contributed by atoms with Gasteiger partial charge in [-0.25, -0.2) is 0 Å². The summed E-state index contributed by atoms with van der Waals surface area (Å²) in [4.78, 5) is 12.9. The maximum absolute atomic E-state index is 12.9. The van der Waals surface area contributed by atoms with Gasteiger partial charge in [-0.2, -0.15) is 0 Å². The molecule has 1 aliphatic heterocycles. The van der Waals surface area contributed by atoms with Gasteiger partial charge >= 0.3 is 0 Å². The summed E-state index contributed by atoms with van der Waals surface area (Å²) in [5.74, 6) is 1.23. The van der Waals surface area contributed by atoms with Crippen LogP contribution in [0.4, 0.5) is 0 Å². The van der Waals surface area contributed by atoms with Crippen LogP contribution in [0.3, 0.4) is 0 Å². The maximum Gasteiger partial charge on any atom is 0.195 e. The average Bonchev–Trinajstić information content (AvgIpc) is 2.73. The van der Waals surface area contributed by atoms with Crippen LogP contribution in [0.5, 0.6) is 11.5 Å². The van der Waals surface area contributed by atoms with E-state index in [9.17, 15) is 4.79 Å². The number of unbranched alkanes of at least 4 members (excludes halogenated alkanes) is 2. The van der Waals surface area contributed by atoms with Gasteiger partial charge in [0.1, 0.15) is 11.5 Å². The van der Waals surface area contributed by atoms with Crippen molar-refractivity contribution < 1.29 is 9.47 Å². The Hall–Kier alpha value is -2.75. The summed E-state index contributed by atoms with van der Waals surface area (Å²) in [5, 5.41) is 0. The van der Waals surface area contributed by atoms with Gasteiger partial charge in [-0.15, -0.1) is 0 Å². The third kappa shape index (κ3) is 4.22. The first-order valence-corrected chi connectivity index (χ1v) is 10.1. The van der Waals surface area contributed by atoms with Crippen LogP contribution in [0.15, 0.2) is 53.3 Å². The quantitative estimate of drug-likeness (QED) is 0.454. The summed E-state index contributed by atoms with van der Waals surface area (Å²) in [7, 11) is 1.59. The summed E-state index contributed by atoms with van der Waals surface area (Å²) in [6.45, 7) is 5.74. The molecule has 1 aromatic rings. The standard InChI is InChI=1S/C24H29NO3/c1-4-6-13-25-20(18-11-9-8-10-12-18)17-23(28-14-7-5-2)24-21(25)15-19(27-3)16-22(24)26/h8-12,15-17H,4-7,13-14H2,1-3H3. The van der Waals surface area contributed by atoms with E-state index in [2.05, 4.69) is 30.5 Å². The minimum atomic E-state index is -0.0642. The fourth-order valence-electron chi connectivity index (χ4n) is 3.40. The fourth-order valence-corrected chi connectivity index (χ4v) is 3.40. The number of ether oxygens (including phenoxy) is 2. The maximum atomic E-state index is 12.9. The Morgan fingerprint density at radius 2 is 1.68 bits per heavy atom. The molecule has 0 saturated carbocycles. The van der Waals surface area contributed by atoms with Crippen molar-refractivity contribution in [3.05, 3.63) is 58.8 Å². The monoisotopic (exact) mass is 379 g/mol. The molecule has 2 aliphatic rings. The van der Waals surface area contributed by atoms with E-state index < -0.39 is 0 Å². The molecule has 0 radical (unpaired) electrons. The molecule has 0 bridgehead atoms. The summed E-state index contributed by atoms with van der Waals surface area (Å²) >= 11 is 0. The Kier molecular flexibility index (Phi) is 6.75. The summed E-state index contributed by atoms with van der Waals surface area (Å²) in [6.07, 6.45) is 4.11. The highest BCUT2D eigenvalue weighted by molar-refractivity contribution is 5.77. The second kappa shape index (κ2) is 9.45. The number of pyridine rings is 1. The molecular weight excluding hydrogens is 350 g/mol. The van der Waals surface area contributed by atoms with Crippen molar-refractivity contribution in [2.24, 2.45) is 0 Å². The van der Waals surface area contributed by atoms with Crippen LogP contribution in [-0.2, 0) is 6.54 Å². The van der Waals surface area contributed by atoms with Crippen LogP contribution in [0.1, 0.15) is 39.5 Å². The number of nitrogens with zero attached hydrogens (tertiary/aromatic N) is 1. The molecule has 0 amide bonds. The molecule has 28 heavy (non-hydrogen) atoms. The van der Waals surface area contributed by atoms with Crippen molar-refractivity contribution >= 4 is 0 Å². The van der Waals surface area contributed by atoms with Crippen molar-refractivity contribution in [1.29, 1.82) is 0 Å². The first kappa shape index (κ1) is 20.0. The van der Waals surface area contributed by atoms with E-state index in [-0.39, 0.29) is 5.43 Å². The second-order valence-electron chi connectivity index (χ2n) is 6.99. The Morgan fingerprint density at radius 3 is 2.36 bits per heavy atom. The number of hydrogen-bond acceptors (Lipinski definition) is 3. The number of benzene rings is 2. The number of fused-ring (bicyclic) bond motifs is 1. The predicted octanol–water partition coefficient (Wildman–Crippen LogP) is 5.61. The topological polar surface area (TPSA) is 40.5 Å². The number of rotatable bonds is 9. The van der Waals surface area contributed by atoms with Gasteiger partial charge in [0, 0.05) is 24.7 Å². The first-order valence-electron chi connectivity index (χ1n) is 10.1. The third-order valence-corrected chi connectivity index (χ3v) is 4.95. The Labute approximate surface area is 167 Å². The van der Waals surface area contributed by atoms with Gasteiger partial charge < -0.3 is 14.0 Å². The SMILES string of the molecule is CCCCOc1cc(-c2ccccc2)n(CCCC)c2cc(OC)cc(=O)c1-2. The molecule has 4 nitrogen and oxygen atoms in total. The van der Waals surface area contributed by atoms with Gasteiger partial charge in [-0.05, 0) is 18.4 Å². The predicted molar refractivity (Wildman–Crippen MR) is 115 cm³/mol. The van der Waals surface area contributed by atoms with Gasteiger partial charge in [0.15, 0.2) is 5.43 Å².